The molecular weight excluding hydrogens is 236 g/mol. The Hall–Kier alpha value is -0.130. The summed E-state index contributed by atoms with van der Waals surface area (Å²) in [7, 11) is -2.87. The molecule has 2 N–H and O–H groups in total. The molecule has 100 valence electrons. The van der Waals surface area contributed by atoms with Gasteiger partial charge >= 0.3 is 0 Å². The molecule has 2 aliphatic rings. The Labute approximate surface area is 104 Å². The number of rotatable bonds is 2. The molecule has 4 atom stereocenters. The molecule has 2 fully saturated rings. The van der Waals surface area contributed by atoms with Crippen LogP contribution < -0.4 is 5.73 Å². The van der Waals surface area contributed by atoms with E-state index in [4.69, 9.17) is 5.73 Å². The third kappa shape index (κ3) is 3.01. The van der Waals surface area contributed by atoms with E-state index in [2.05, 4.69) is 11.8 Å². The fraction of sp³-hybridized carbons (Fsp3) is 1.00. The van der Waals surface area contributed by atoms with Crippen LogP contribution in [0.4, 0.5) is 0 Å². The van der Waals surface area contributed by atoms with Gasteiger partial charge in [0.2, 0.25) is 0 Å². The lowest BCUT2D eigenvalue weighted by atomic mass is 9.94. The lowest BCUT2D eigenvalue weighted by Crippen LogP contribution is -2.41. The van der Waals surface area contributed by atoms with Gasteiger partial charge in [-0.3, -0.25) is 4.90 Å². The first-order valence-electron chi connectivity index (χ1n) is 6.56. The molecule has 1 saturated carbocycles. The third-order valence-corrected chi connectivity index (χ3v) is 6.06. The van der Waals surface area contributed by atoms with Crippen LogP contribution in [0, 0.1) is 5.92 Å². The van der Waals surface area contributed by atoms with Crippen LogP contribution in [0.5, 0.6) is 0 Å². The second-order valence-corrected chi connectivity index (χ2v) is 8.19. The average molecular weight is 260 g/mol. The summed E-state index contributed by atoms with van der Waals surface area (Å²) in [5, 5.41) is -0.131. The first-order valence-corrected chi connectivity index (χ1v) is 8.52. The zero-order valence-corrected chi connectivity index (χ0v) is 11.6. The summed E-state index contributed by atoms with van der Waals surface area (Å²) in [6.45, 7) is 4.15. The molecule has 0 aromatic heterocycles. The van der Waals surface area contributed by atoms with Crippen molar-refractivity contribution in [1.82, 2.24) is 4.90 Å². The lowest BCUT2D eigenvalue weighted by molar-refractivity contribution is 0.186. The molecular formula is C12H24N2O2S. The highest BCUT2D eigenvalue weighted by Gasteiger charge is 2.36. The van der Waals surface area contributed by atoms with Crippen molar-refractivity contribution in [3.63, 3.8) is 0 Å². The van der Waals surface area contributed by atoms with Gasteiger partial charge in [0.05, 0.1) is 5.25 Å². The molecule has 1 heterocycles. The molecule has 0 radical (unpaired) electrons. The molecule has 1 aliphatic carbocycles. The standard InChI is InChI=1S/C12H24N2O2S/c1-9-7-14(8-12(9)13)10-4-3-5-11(6-10)17(2,15)16/h9-12H,3-8,13H2,1-2H3. The van der Waals surface area contributed by atoms with Gasteiger partial charge in [0.15, 0.2) is 0 Å². The quantitative estimate of drug-likeness (QED) is 0.790. The van der Waals surface area contributed by atoms with Crippen molar-refractivity contribution < 1.29 is 8.42 Å². The summed E-state index contributed by atoms with van der Waals surface area (Å²) < 4.78 is 23.3. The molecule has 0 amide bonds. The van der Waals surface area contributed by atoms with Crippen molar-refractivity contribution in [3.8, 4) is 0 Å². The van der Waals surface area contributed by atoms with Crippen LogP contribution in [0.3, 0.4) is 0 Å². The maximum Gasteiger partial charge on any atom is 0.150 e. The van der Waals surface area contributed by atoms with Gasteiger partial charge in [-0.25, -0.2) is 8.42 Å². The maximum atomic E-state index is 11.6. The largest absolute Gasteiger partial charge is 0.326 e. The van der Waals surface area contributed by atoms with Gasteiger partial charge in [-0.15, -0.1) is 0 Å². The molecule has 1 saturated heterocycles. The first-order chi connectivity index (χ1) is 7.88. The van der Waals surface area contributed by atoms with E-state index in [0.29, 0.717) is 12.0 Å². The number of sulfone groups is 1. The molecule has 17 heavy (non-hydrogen) atoms. The molecule has 5 heteroatoms. The van der Waals surface area contributed by atoms with E-state index in [9.17, 15) is 8.42 Å². The average Bonchev–Trinajstić information content (AvgIpc) is 2.58. The minimum absolute atomic E-state index is 0.131. The first kappa shape index (κ1) is 13.3. The predicted molar refractivity (Wildman–Crippen MR) is 69.6 cm³/mol. The van der Waals surface area contributed by atoms with E-state index in [1.807, 2.05) is 0 Å². The molecule has 1 aliphatic heterocycles. The molecule has 4 nitrogen and oxygen atoms in total. The Balaban J connectivity index is 1.99. The van der Waals surface area contributed by atoms with E-state index >= 15 is 0 Å². The molecule has 4 unspecified atom stereocenters. The zero-order valence-electron chi connectivity index (χ0n) is 10.8. The normalized spacial score (nSPS) is 40.6. The second-order valence-electron chi connectivity index (χ2n) is 5.87. The van der Waals surface area contributed by atoms with Gasteiger partial charge in [-0.1, -0.05) is 13.3 Å². The fourth-order valence-electron chi connectivity index (χ4n) is 3.17. The summed E-state index contributed by atoms with van der Waals surface area (Å²) >= 11 is 0. The molecule has 2 rings (SSSR count). The summed E-state index contributed by atoms with van der Waals surface area (Å²) in [5.41, 5.74) is 6.04. The van der Waals surface area contributed by atoms with Crippen molar-refractivity contribution >= 4 is 9.84 Å². The van der Waals surface area contributed by atoms with Crippen molar-refractivity contribution in [3.05, 3.63) is 0 Å². The third-order valence-electron chi connectivity index (χ3n) is 4.42. The van der Waals surface area contributed by atoms with Gasteiger partial charge in [-0.2, -0.15) is 0 Å². The van der Waals surface area contributed by atoms with Crippen LogP contribution in [-0.2, 0) is 9.84 Å². The molecule has 0 spiro atoms. The predicted octanol–water partition coefficient (Wildman–Crippen LogP) is 0.621. The number of nitrogens with zero attached hydrogens (tertiary/aromatic N) is 1. The maximum absolute atomic E-state index is 11.6. The SMILES string of the molecule is CC1CN(C2CCCC(S(C)(=O)=O)C2)CC1N. The number of likely N-dealkylation sites (tertiary alicyclic amines) is 1. The highest BCUT2D eigenvalue weighted by molar-refractivity contribution is 7.91. The molecule has 0 aromatic rings. The Bertz CT molecular complexity index is 359. The number of hydrogen-bond acceptors (Lipinski definition) is 4. The highest BCUT2D eigenvalue weighted by Crippen LogP contribution is 2.30. The Morgan fingerprint density at radius 3 is 2.47 bits per heavy atom. The van der Waals surface area contributed by atoms with E-state index < -0.39 is 9.84 Å². The van der Waals surface area contributed by atoms with Crippen LogP contribution >= 0.6 is 0 Å². The topological polar surface area (TPSA) is 63.4 Å². The van der Waals surface area contributed by atoms with Crippen LogP contribution in [0.15, 0.2) is 0 Å². The minimum atomic E-state index is -2.87. The van der Waals surface area contributed by atoms with Gasteiger partial charge in [0.1, 0.15) is 9.84 Å². The summed E-state index contributed by atoms with van der Waals surface area (Å²) in [6, 6.07) is 0.688. The number of nitrogens with two attached hydrogens (primary N) is 1. The van der Waals surface area contributed by atoms with E-state index in [-0.39, 0.29) is 11.3 Å². The highest BCUT2D eigenvalue weighted by atomic mass is 32.2. The summed E-state index contributed by atoms with van der Waals surface area (Å²) in [6.07, 6.45) is 5.18. The molecule has 0 aromatic carbocycles. The van der Waals surface area contributed by atoms with Crippen LogP contribution in [0.25, 0.3) is 0 Å². The Morgan fingerprint density at radius 1 is 1.24 bits per heavy atom. The van der Waals surface area contributed by atoms with Crippen molar-refractivity contribution in [2.45, 2.75) is 49.9 Å². The number of hydrogen-bond donors (Lipinski definition) is 1. The smallest absolute Gasteiger partial charge is 0.150 e. The van der Waals surface area contributed by atoms with Crippen molar-refractivity contribution in [1.29, 1.82) is 0 Å². The van der Waals surface area contributed by atoms with Crippen LogP contribution in [0.2, 0.25) is 0 Å². The van der Waals surface area contributed by atoms with Gasteiger partial charge < -0.3 is 5.73 Å². The fourth-order valence-corrected chi connectivity index (χ4v) is 4.34. The summed E-state index contributed by atoms with van der Waals surface area (Å²) in [4.78, 5) is 2.41. The zero-order chi connectivity index (χ0) is 12.6. The van der Waals surface area contributed by atoms with E-state index in [1.165, 1.54) is 6.26 Å². The summed E-state index contributed by atoms with van der Waals surface area (Å²) in [5.74, 6) is 0.536. The Morgan fingerprint density at radius 2 is 1.94 bits per heavy atom. The van der Waals surface area contributed by atoms with Gasteiger partial charge in [-0.05, 0) is 25.2 Å². The monoisotopic (exact) mass is 260 g/mol. The molecule has 0 bridgehead atoms. The van der Waals surface area contributed by atoms with Crippen molar-refractivity contribution in [2.24, 2.45) is 11.7 Å². The second kappa shape index (κ2) is 4.86. The van der Waals surface area contributed by atoms with Crippen molar-refractivity contribution in [2.75, 3.05) is 19.3 Å². The minimum Gasteiger partial charge on any atom is -0.326 e. The van der Waals surface area contributed by atoms with Crippen LogP contribution in [-0.4, -0.2) is 50.0 Å². The van der Waals surface area contributed by atoms with E-state index in [1.54, 1.807) is 0 Å². The lowest BCUT2D eigenvalue weighted by Gasteiger charge is -2.34. The van der Waals surface area contributed by atoms with Crippen LogP contribution in [0.1, 0.15) is 32.6 Å². The Kier molecular flexibility index (Phi) is 3.80. The van der Waals surface area contributed by atoms with E-state index in [0.717, 1.165) is 38.8 Å². The van der Waals surface area contributed by atoms with Gasteiger partial charge in [0.25, 0.3) is 0 Å². The van der Waals surface area contributed by atoms with Gasteiger partial charge in [0, 0.05) is 31.4 Å².